The monoisotopic (exact) mass is 411 g/mol. The maximum atomic E-state index is 12.2. The molecule has 7 heteroatoms. The highest BCUT2D eigenvalue weighted by Gasteiger charge is 2.09. The van der Waals surface area contributed by atoms with Crippen molar-refractivity contribution in [3.8, 4) is 0 Å². The fourth-order valence-electron chi connectivity index (χ4n) is 2.47. The van der Waals surface area contributed by atoms with E-state index in [1.807, 2.05) is 61.5 Å². The van der Waals surface area contributed by atoms with Crippen LogP contribution in [0.3, 0.4) is 0 Å². The number of hydrogen-bond acceptors (Lipinski definition) is 6. The molecule has 0 unspecified atom stereocenters. The lowest BCUT2D eigenvalue weighted by atomic mass is 10.2. The van der Waals surface area contributed by atoms with Gasteiger partial charge in [0.05, 0.1) is 12.4 Å². The molecule has 0 saturated heterocycles. The molecule has 1 amide bonds. The van der Waals surface area contributed by atoms with Crippen LogP contribution in [-0.2, 0) is 17.9 Å². The highest BCUT2D eigenvalue weighted by atomic mass is 32.2. The van der Waals surface area contributed by atoms with Crippen molar-refractivity contribution in [2.75, 3.05) is 5.75 Å². The van der Waals surface area contributed by atoms with E-state index in [2.05, 4.69) is 15.3 Å². The fraction of sp³-hybridized carbons (Fsp3) is 0.190. The van der Waals surface area contributed by atoms with Crippen LogP contribution >= 0.6 is 23.5 Å². The number of carbonyl (C=O) groups excluding carboxylic acids is 1. The summed E-state index contributed by atoms with van der Waals surface area (Å²) in [6.45, 7) is 2.34. The normalized spacial score (nSPS) is 10.6. The highest BCUT2D eigenvalue weighted by molar-refractivity contribution is 7.99. The largest absolute Gasteiger partial charge is 0.392 e. The molecule has 0 atom stereocenters. The average molecular weight is 412 g/mol. The molecule has 0 fully saturated rings. The van der Waals surface area contributed by atoms with Gasteiger partial charge < -0.3 is 10.4 Å². The molecule has 1 aromatic heterocycles. The second-order valence-corrected chi connectivity index (χ2v) is 8.05. The third-order valence-electron chi connectivity index (χ3n) is 3.92. The Labute approximate surface area is 173 Å². The zero-order valence-electron chi connectivity index (χ0n) is 15.5. The Kier molecular flexibility index (Phi) is 7.47. The molecule has 28 heavy (non-hydrogen) atoms. The smallest absolute Gasteiger partial charge is 0.230 e. The van der Waals surface area contributed by atoms with E-state index in [0.29, 0.717) is 11.7 Å². The topological polar surface area (TPSA) is 75.1 Å². The van der Waals surface area contributed by atoms with Crippen LogP contribution in [0.25, 0.3) is 0 Å². The van der Waals surface area contributed by atoms with Crippen molar-refractivity contribution in [1.29, 1.82) is 0 Å². The predicted molar refractivity (Wildman–Crippen MR) is 112 cm³/mol. The summed E-state index contributed by atoms with van der Waals surface area (Å²) in [5.41, 5.74) is 2.80. The molecule has 2 N–H and O–H groups in total. The molecule has 2 aromatic carbocycles. The average Bonchev–Trinajstić information content (AvgIpc) is 2.72. The van der Waals surface area contributed by atoms with Crippen LogP contribution in [0.4, 0.5) is 0 Å². The van der Waals surface area contributed by atoms with Crippen molar-refractivity contribution in [3.63, 3.8) is 0 Å². The highest BCUT2D eigenvalue weighted by Crippen LogP contribution is 2.32. The first kappa shape index (κ1) is 20.4. The van der Waals surface area contributed by atoms with Crippen molar-refractivity contribution >= 4 is 29.4 Å². The summed E-state index contributed by atoms with van der Waals surface area (Å²) in [6, 6.07) is 17.6. The van der Waals surface area contributed by atoms with Crippen LogP contribution in [-0.4, -0.2) is 26.7 Å². The van der Waals surface area contributed by atoms with Gasteiger partial charge in [0.1, 0.15) is 0 Å². The molecule has 144 valence electrons. The minimum Gasteiger partial charge on any atom is -0.392 e. The van der Waals surface area contributed by atoms with E-state index in [0.717, 1.165) is 26.6 Å². The quantitative estimate of drug-likeness (QED) is 0.433. The molecular weight excluding hydrogens is 390 g/mol. The Morgan fingerprint density at radius 3 is 2.43 bits per heavy atom. The second kappa shape index (κ2) is 10.3. The molecule has 1 heterocycles. The minimum absolute atomic E-state index is 0.000328. The van der Waals surface area contributed by atoms with Gasteiger partial charge in [0.15, 0.2) is 5.16 Å². The number of nitrogens with one attached hydrogen (secondary N) is 1. The van der Waals surface area contributed by atoms with Crippen LogP contribution in [0.5, 0.6) is 0 Å². The van der Waals surface area contributed by atoms with E-state index in [1.165, 1.54) is 11.8 Å². The van der Waals surface area contributed by atoms with Gasteiger partial charge in [-0.25, -0.2) is 9.97 Å². The maximum absolute atomic E-state index is 12.2. The van der Waals surface area contributed by atoms with Gasteiger partial charge in [-0.2, -0.15) is 0 Å². The summed E-state index contributed by atoms with van der Waals surface area (Å²) >= 11 is 2.91. The van der Waals surface area contributed by atoms with Gasteiger partial charge in [0, 0.05) is 28.2 Å². The van der Waals surface area contributed by atoms with E-state index in [9.17, 15) is 9.90 Å². The van der Waals surface area contributed by atoms with E-state index in [4.69, 9.17) is 0 Å². The summed E-state index contributed by atoms with van der Waals surface area (Å²) in [5.74, 6) is 0.206. The minimum atomic E-state index is -0.0642. The van der Waals surface area contributed by atoms with Gasteiger partial charge in [0.2, 0.25) is 5.91 Å². The Morgan fingerprint density at radius 2 is 1.71 bits per heavy atom. The summed E-state index contributed by atoms with van der Waals surface area (Å²) < 4.78 is 0. The summed E-state index contributed by atoms with van der Waals surface area (Å²) in [5, 5.41) is 13.1. The van der Waals surface area contributed by atoms with Crippen LogP contribution < -0.4 is 5.32 Å². The molecule has 5 nitrogen and oxygen atoms in total. The SMILES string of the molecule is Cc1ccnc(SCC(=O)NCc2ccccc2Sc2ccccc2CO)n1. The molecule has 0 aliphatic carbocycles. The van der Waals surface area contributed by atoms with Crippen molar-refractivity contribution in [2.24, 2.45) is 0 Å². The summed E-state index contributed by atoms with van der Waals surface area (Å²) in [4.78, 5) is 22.7. The first-order chi connectivity index (χ1) is 13.7. The van der Waals surface area contributed by atoms with Crippen molar-refractivity contribution in [1.82, 2.24) is 15.3 Å². The Morgan fingerprint density at radius 1 is 1.04 bits per heavy atom. The number of aliphatic hydroxyl groups excluding tert-OH is 1. The Bertz CT molecular complexity index is 950. The summed E-state index contributed by atoms with van der Waals surface area (Å²) in [6.07, 6.45) is 1.69. The molecule has 0 saturated carbocycles. The molecule has 0 radical (unpaired) electrons. The van der Waals surface area contributed by atoms with Gasteiger partial charge in [-0.05, 0) is 36.2 Å². The molecular formula is C21H21N3O2S2. The second-order valence-electron chi connectivity index (χ2n) is 6.02. The number of carbonyl (C=O) groups is 1. The van der Waals surface area contributed by atoms with Gasteiger partial charge in [-0.15, -0.1) is 0 Å². The van der Waals surface area contributed by atoms with Crippen LogP contribution in [0.15, 0.2) is 75.7 Å². The third-order valence-corrected chi connectivity index (χ3v) is 6.01. The van der Waals surface area contributed by atoms with Crippen molar-refractivity contribution in [3.05, 3.63) is 77.6 Å². The number of aliphatic hydroxyl groups is 1. The number of benzene rings is 2. The zero-order chi connectivity index (χ0) is 19.8. The molecule has 0 aliphatic rings. The van der Waals surface area contributed by atoms with Crippen LogP contribution in [0.1, 0.15) is 16.8 Å². The lowest BCUT2D eigenvalue weighted by Crippen LogP contribution is -2.24. The predicted octanol–water partition coefficient (Wildman–Crippen LogP) is 3.84. The van der Waals surface area contributed by atoms with Gasteiger partial charge in [-0.3, -0.25) is 4.79 Å². The maximum Gasteiger partial charge on any atom is 0.230 e. The first-order valence-corrected chi connectivity index (χ1v) is 10.6. The van der Waals surface area contributed by atoms with Gasteiger partial charge in [0.25, 0.3) is 0 Å². The van der Waals surface area contributed by atoms with Crippen LogP contribution in [0.2, 0.25) is 0 Å². The van der Waals surface area contributed by atoms with Crippen molar-refractivity contribution < 1.29 is 9.90 Å². The zero-order valence-corrected chi connectivity index (χ0v) is 17.1. The van der Waals surface area contributed by atoms with E-state index in [1.54, 1.807) is 18.0 Å². The molecule has 3 rings (SSSR count). The number of rotatable bonds is 8. The van der Waals surface area contributed by atoms with E-state index < -0.39 is 0 Å². The fourth-order valence-corrected chi connectivity index (χ4v) is 4.24. The molecule has 3 aromatic rings. The lowest BCUT2D eigenvalue weighted by molar-refractivity contribution is -0.118. The number of nitrogens with zero attached hydrogens (tertiary/aromatic N) is 2. The lowest BCUT2D eigenvalue weighted by Gasteiger charge is -2.12. The van der Waals surface area contributed by atoms with E-state index >= 15 is 0 Å². The number of hydrogen-bond donors (Lipinski definition) is 2. The van der Waals surface area contributed by atoms with Crippen LogP contribution in [0, 0.1) is 6.92 Å². The number of aromatic nitrogens is 2. The first-order valence-electron chi connectivity index (χ1n) is 8.79. The summed E-state index contributed by atoms with van der Waals surface area (Å²) in [7, 11) is 0. The van der Waals surface area contributed by atoms with Crippen molar-refractivity contribution in [2.45, 2.75) is 35.0 Å². The molecule has 0 aliphatic heterocycles. The Balaban J connectivity index is 1.59. The molecule has 0 spiro atoms. The van der Waals surface area contributed by atoms with Gasteiger partial charge in [-0.1, -0.05) is 59.9 Å². The van der Waals surface area contributed by atoms with E-state index in [-0.39, 0.29) is 18.3 Å². The number of amides is 1. The standard InChI is InChI=1S/C21H21N3O2S2/c1-15-10-11-22-21(24-15)27-14-20(26)23-12-16-6-2-4-8-18(16)28-19-9-5-3-7-17(19)13-25/h2-11,25H,12-14H2,1H3,(H,23,26). The third kappa shape index (κ3) is 5.82. The molecule has 0 bridgehead atoms. The van der Waals surface area contributed by atoms with Gasteiger partial charge >= 0.3 is 0 Å². The number of aryl methyl sites for hydroxylation is 1. The number of thioether (sulfide) groups is 1. The Hall–Kier alpha value is -2.35.